The van der Waals surface area contributed by atoms with Crippen LogP contribution in [-0.2, 0) is 5.41 Å². The minimum absolute atomic E-state index is 0.0882. The first-order chi connectivity index (χ1) is 9.68. The van der Waals surface area contributed by atoms with E-state index in [0.29, 0.717) is 0 Å². The van der Waals surface area contributed by atoms with E-state index < -0.39 is 0 Å². The summed E-state index contributed by atoms with van der Waals surface area (Å²) in [5, 5.41) is 0. The largest absolute Gasteiger partial charge is 0.253 e. The van der Waals surface area contributed by atoms with Gasteiger partial charge in [0.15, 0.2) is 0 Å². The van der Waals surface area contributed by atoms with E-state index in [9.17, 15) is 0 Å². The number of hydrogen-bond donors (Lipinski definition) is 0. The second kappa shape index (κ2) is 6.71. The molecule has 0 saturated carbocycles. The average Bonchev–Trinajstić information content (AvgIpc) is 2.44. The van der Waals surface area contributed by atoms with Gasteiger partial charge in [-0.05, 0) is 48.5 Å². The predicted molar refractivity (Wildman–Crippen MR) is 95.1 cm³/mol. The summed E-state index contributed by atoms with van der Waals surface area (Å²) in [5.74, 6) is 0. The Kier molecular flexibility index (Phi) is 5.48. The van der Waals surface area contributed by atoms with Crippen molar-refractivity contribution >= 4 is 5.71 Å². The van der Waals surface area contributed by atoms with Gasteiger partial charge in [0.25, 0.3) is 0 Å². The summed E-state index contributed by atoms with van der Waals surface area (Å²) in [4.78, 5) is 4.67. The van der Waals surface area contributed by atoms with Crippen LogP contribution in [0.4, 0.5) is 0 Å². The Bertz CT molecular complexity index is 607. The van der Waals surface area contributed by atoms with Gasteiger partial charge < -0.3 is 0 Å². The quantitative estimate of drug-likeness (QED) is 0.486. The maximum Gasteiger partial charge on any atom is 0.0630 e. The highest BCUT2D eigenvalue weighted by molar-refractivity contribution is 6.01. The molecule has 0 N–H and O–H groups in total. The number of hydrogen-bond acceptors (Lipinski definition) is 1. The molecule has 112 valence electrons. The number of aliphatic imine (C=N–C) groups is 1. The average molecular weight is 281 g/mol. The van der Waals surface area contributed by atoms with Gasteiger partial charge in [0.1, 0.15) is 0 Å². The van der Waals surface area contributed by atoms with Crippen LogP contribution in [0.1, 0.15) is 52.7 Å². The summed E-state index contributed by atoms with van der Waals surface area (Å²) in [6, 6.07) is 8.43. The summed E-state index contributed by atoms with van der Waals surface area (Å²) in [7, 11) is 0. The third-order valence-corrected chi connectivity index (χ3v) is 3.68. The molecule has 0 aliphatic carbocycles. The molecular formula is C20H27N. The zero-order valence-corrected chi connectivity index (χ0v) is 14.2. The molecule has 0 unspecified atom stereocenters. The van der Waals surface area contributed by atoms with E-state index >= 15 is 0 Å². The van der Waals surface area contributed by atoms with Crippen LogP contribution in [0, 0.1) is 0 Å². The fourth-order valence-electron chi connectivity index (χ4n) is 2.18. The molecule has 0 atom stereocenters. The molecular weight excluding hydrogens is 254 g/mol. The molecule has 21 heavy (non-hydrogen) atoms. The molecule has 0 spiro atoms. The van der Waals surface area contributed by atoms with Crippen LogP contribution in [0.2, 0.25) is 0 Å². The van der Waals surface area contributed by atoms with E-state index in [4.69, 9.17) is 0 Å². The minimum atomic E-state index is 0.0882. The van der Waals surface area contributed by atoms with Crippen LogP contribution in [0.25, 0.3) is 0 Å². The maximum atomic E-state index is 4.67. The van der Waals surface area contributed by atoms with Gasteiger partial charge in [0.05, 0.1) is 5.70 Å². The van der Waals surface area contributed by atoms with Gasteiger partial charge in [-0.3, -0.25) is 4.99 Å². The van der Waals surface area contributed by atoms with Crippen LogP contribution >= 0.6 is 0 Å². The van der Waals surface area contributed by atoms with Crippen LogP contribution in [0.15, 0.2) is 65.3 Å². The lowest BCUT2D eigenvalue weighted by Crippen LogP contribution is -2.16. The van der Waals surface area contributed by atoms with E-state index in [-0.39, 0.29) is 5.41 Å². The first kappa shape index (κ1) is 17.2. The van der Waals surface area contributed by atoms with Gasteiger partial charge >= 0.3 is 0 Å². The van der Waals surface area contributed by atoms with E-state index in [0.717, 1.165) is 22.6 Å². The number of allylic oxidation sites excluding steroid dienone is 2. The van der Waals surface area contributed by atoms with Crippen LogP contribution in [0.5, 0.6) is 0 Å². The summed E-state index contributed by atoms with van der Waals surface area (Å²) in [6.45, 7) is 20.8. The highest BCUT2D eigenvalue weighted by atomic mass is 14.8. The summed E-state index contributed by atoms with van der Waals surface area (Å²) in [5.41, 5.74) is 6.28. The zero-order chi connectivity index (χ0) is 16.2. The van der Waals surface area contributed by atoms with Gasteiger partial charge in [-0.2, -0.15) is 0 Å². The molecule has 1 heteroatoms. The fraction of sp³-hybridized carbons (Fsp3) is 0.350. The zero-order valence-electron chi connectivity index (χ0n) is 14.2. The lowest BCUT2D eigenvalue weighted by molar-refractivity contribution is 0.589. The van der Waals surface area contributed by atoms with Crippen molar-refractivity contribution in [3.8, 4) is 0 Å². The third-order valence-electron chi connectivity index (χ3n) is 3.68. The van der Waals surface area contributed by atoms with Crippen molar-refractivity contribution in [3.05, 3.63) is 71.5 Å². The van der Waals surface area contributed by atoms with Crippen molar-refractivity contribution in [1.29, 1.82) is 0 Å². The second-order valence-corrected chi connectivity index (χ2v) is 6.39. The Balaban J connectivity index is 3.21. The van der Waals surface area contributed by atoms with Crippen LogP contribution in [-0.4, -0.2) is 5.71 Å². The highest BCUT2D eigenvalue weighted by Gasteiger charge is 2.18. The minimum Gasteiger partial charge on any atom is -0.253 e. The van der Waals surface area contributed by atoms with Gasteiger partial charge in [0.2, 0.25) is 0 Å². The summed E-state index contributed by atoms with van der Waals surface area (Å²) in [6.07, 6.45) is 2.03. The van der Waals surface area contributed by atoms with Crippen molar-refractivity contribution in [2.45, 2.75) is 47.0 Å². The van der Waals surface area contributed by atoms with Crippen LogP contribution in [0.3, 0.4) is 0 Å². The van der Waals surface area contributed by atoms with Crippen molar-refractivity contribution in [3.63, 3.8) is 0 Å². The molecule has 0 aliphatic rings. The standard InChI is InChI=1S/C20H27N/c1-9-14(2)15(3)16(4)21-17(5)18-12-10-11-13-19(18)20(6,7)8/h9-13H,3-4H2,1-2,5-8H3/b14-9-,21-17?. The van der Waals surface area contributed by atoms with Gasteiger partial charge in [-0.25, -0.2) is 0 Å². The molecule has 1 rings (SSSR count). The molecule has 0 saturated heterocycles. The predicted octanol–water partition coefficient (Wildman–Crippen LogP) is 5.83. The van der Waals surface area contributed by atoms with Gasteiger partial charge in [-0.1, -0.05) is 64.3 Å². The van der Waals surface area contributed by atoms with E-state index in [2.05, 4.69) is 63.2 Å². The van der Waals surface area contributed by atoms with Gasteiger partial charge in [0, 0.05) is 5.71 Å². The first-order valence-electron chi connectivity index (χ1n) is 7.35. The Hall–Kier alpha value is -1.89. The molecule has 0 radical (unpaired) electrons. The van der Waals surface area contributed by atoms with Crippen molar-refractivity contribution in [1.82, 2.24) is 0 Å². The smallest absolute Gasteiger partial charge is 0.0630 e. The van der Waals surface area contributed by atoms with Crippen molar-refractivity contribution in [2.75, 3.05) is 0 Å². The molecule has 0 aliphatic heterocycles. The molecule has 1 aromatic rings. The molecule has 1 aromatic carbocycles. The molecule has 1 nitrogen and oxygen atoms in total. The van der Waals surface area contributed by atoms with Crippen molar-refractivity contribution < 1.29 is 0 Å². The SMILES string of the molecule is C=C(N=C(C)c1ccccc1C(C)(C)C)C(=C)/C(C)=C\C. The molecule has 0 bridgehead atoms. The monoisotopic (exact) mass is 281 g/mol. The maximum absolute atomic E-state index is 4.67. The Morgan fingerprint density at radius 3 is 2.19 bits per heavy atom. The third kappa shape index (κ3) is 4.29. The second-order valence-electron chi connectivity index (χ2n) is 6.39. The van der Waals surface area contributed by atoms with E-state index in [1.807, 2.05) is 26.8 Å². The lowest BCUT2D eigenvalue weighted by Gasteiger charge is -2.23. The Morgan fingerprint density at radius 2 is 1.67 bits per heavy atom. The Labute approximate surface area is 129 Å². The molecule has 0 heterocycles. The number of nitrogens with zero attached hydrogens (tertiary/aromatic N) is 1. The van der Waals surface area contributed by atoms with Crippen LogP contribution < -0.4 is 0 Å². The van der Waals surface area contributed by atoms with Crippen molar-refractivity contribution in [2.24, 2.45) is 4.99 Å². The van der Waals surface area contributed by atoms with Gasteiger partial charge in [-0.15, -0.1) is 0 Å². The number of rotatable bonds is 4. The Morgan fingerprint density at radius 1 is 1.10 bits per heavy atom. The summed E-state index contributed by atoms with van der Waals surface area (Å²) < 4.78 is 0. The normalized spacial score (nSPS) is 13.2. The van der Waals surface area contributed by atoms with E-state index in [1.165, 1.54) is 11.1 Å². The lowest BCUT2D eigenvalue weighted by atomic mass is 9.82. The topological polar surface area (TPSA) is 12.4 Å². The molecule has 0 aromatic heterocycles. The molecule has 0 fully saturated rings. The first-order valence-corrected chi connectivity index (χ1v) is 7.35. The fourth-order valence-corrected chi connectivity index (χ4v) is 2.18. The molecule has 0 amide bonds. The summed E-state index contributed by atoms with van der Waals surface area (Å²) >= 11 is 0. The number of benzene rings is 1. The van der Waals surface area contributed by atoms with E-state index in [1.54, 1.807) is 0 Å². The highest BCUT2D eigenvalue weighted by Crippen LogP contribution is 2.27.